The number of benzene rings is 3. The number of nitrogens with zero attached hydrogens (tertiary/aromatic N) is 5. The van der Waals surface area contributed by atoms with E-state index in [1.165, 1.54) is 25.9 Å². The van der Waals surface area contributed by atoms with Crippen molar-refractivity contribution in [1.29, 1.82) is 0 Å². The van der Waals surface area contributed by atoms with Crippen LogP contribution in [-0.4, -0.2) is 43.4 Å². The summed E-state index contributed by atoms with van der Waals surface area (Å²) in [4.78, 5) is 15.7. The van der Waals surface area contributed by atoms with E-state index in [4.69, 9.17) is 9.84 Å². The van der Waals surface area contributed by atoms with E-state index >= 15 is 0 Å². The van der Waals surface area contributed by atoms with Gasteiger partial charge >= 0.3 is 5.69 Å². The molecule has 1 saturated heterocycles. The second-order valence-corrected chi connectivity index (χ2v) is 8.91. The van der Waals surface area contributed by atoms with E-state index in [1.807, 2.05) is 77.5 Å². The molecule has 0 spiro atoms. The summed E-state index contributed by atoms with van der Waals surface area (Å²) >= 11 is 0. The van der Waals surface area contributed by atoms with Gasteiger partial charge in [-0.05, 0) is 80.5 Å². The molecule has 0 radical (unpaired) electrons. The van der Waals surface area contributed by atoms with Crippen molar-refractivity contribution < 1.29 is 4.74 Å². The molecule has 0 unspecified atom stereocenters. The Hall–Kier alpha value is -4.10. The maximum atomic E-state index is 13.2. The van der Waals surface area contributed by atoms with Crippen molar-refractivity contribution >= 4 is 10.9 Å². The van der Waals surface area contributed by atoms with Crippen LogP contribution in [0.5, 0.6) is 11.5 Å². The molecule has 7 heteroatoms. The van der Waals surface area contributed by atoms with E-state index in [0.29, 0.717) is 0 Å². The van der Waals surface area contributed by atoms with E-state index in [2.05, 4.69) is 11.1 Å². The van der Waals surface area contributed by atoms with Gasteiger partial charge in [-0.3, -0.25) is 13.8 Å². The predicted octanol–water partition coefficient (Wildman–Crippen LogP) is 4.87. The van der Waals surface area contributed by atoms with Gasteiger partial charge in [-0.1, -0.05) is 18.2 Å². The van der Waals surface area contributed by atoms with Crippen molar-refractivity contribution in [3.8, 4) is 22.9 Å². The molecule has 3 aromatic carbocycles. The van der Waals surface area contributed by atoms with Gasteiger partial charge in [-0.15, -0.1) is 0 Å². The molecule has 1 aliphatic rings. The number of hydrogen-bond donors (Lipinski definition) is 0. The monoisotopic (exact) mass is 465 g/mol. The van der Waals surface area contributed by atoms with Crippen molar-refractivity contribution in [2.24, 2.45) is 0 Å². The van der Waals surface area contributed by atoms with Crippen LogP contribution in [0.2, 0.25) is 0 Å². The Morgan fingerprint density at radius 1 is 0.771 bits per heavy atom. The Bertz CT molecular complexity index is 1490. The van der Waals surface area contributed by atoms with Gasteiger partial charge in [-0.2, -0.15) is 5.10 Å². The Kier molecular flexibility index (Phi) is 5.68. The lowest BCUT2D eigenvalue weighted by molar-refractivity contribution is 0.316. The van der Waals surface area contributed by atoms with Crippen molar-refractivity contribution in [2.45, 2.75) is 19.4 Å². The number of imidazole rings is 1. The van der Waals surface area contributed by atoms with E-state index < -0.39 is 0 Å². The summed E-state index contributed by atoms with van der Waals surface area (Å²) in [5.74, 6) is 1.50. The summed E-state index contributed by atoms with van der Waals surface area (Å²) in [5, 5.41) is 5.74. The number of ether oxygens (including phenoxy) is 1. The van der Waals surface area contributed by atoms with Crippen molar-refractivity contribution in [3.05, 3.63) is 102 Å². The fourth-order valence-electron chi connectivity index (χ4n) is 4.65. The Labute approximate surface area is 203 Å². The van der Waals surface area contributed by atoms with Gasteiger partial charge in [0.05, 0.1) is 23.4 Å². The number of para-hydroxylation sites is 1. The fourth-order valence-corrected chi connectivity index (χ4v) is 4.65. The molecule has 0 aliphatic carbocycles. The zero-order chi connectivity index (χ0) is 23.6. The van der Waals surface area contributed by atoms with Gasteiger partial charge in [-0.25, -0.2) is 4.79 Å². The fraction of sp³-hybridized carbons (Fsp3) is 0.214. The summed E-state index contributed by atoms with van der Waals surface area (Å²) in [7, 11) is 0. The first-order valence-electron chi connectivity index (χ1n) is 12.1. The third-order valence-corrected chi connectivity index (χ3v) is 6.53. The number of aromatic nitrogens is 4. The highest BCUT2D eigenvalue weighted by Crippen LogP contribution is 2.22. The van der Waals surface area contributed by atoms with Crippen LogP contribution in [0.4, 0.5) is 0 Å². The molecule has 3 heterocycles. The third kappa shape index (κ3) is 4.50. The Balaban J connectivity index is 1.21. The molecule has 35 heavy (non-hydrogen) atoms. The molecule has 2 aromatic heterocycles. The smallest absolute Gasteiger partial charge is 0.337 e. The zero-order valence-corrected chi connectivity index (χ0v) is 19.5. The van der Waals surface area contributed by atoms with Crippen LogP contribution in [0.1, 0.15) is 12.8 Å². The average molecular weight is 466 g/mol. The lowest BCUT2D eigenvalue weighted by atomic mass is 10.2. The summed E-state index contributed by atoms with van der Waals surface area (Å²) in [6, 6.07) is 23.1. The molecule has 0 amide bonds. The normalized spacial score (nSPS) is 14.1. The molecule has 0 saturated carbocycles. The van der Waals surface area contributed by atoms with Gasteiger partial charge in [0, 0.05) is 30.5 Å². The SMILES string of the molecule is O=c1n(-c2ccc(Oc3ccccc3)cc2)ccn1-c1ccc2nn(CCN3CCCC3)cc2c1. The molecule has 0 bridgehead atoms. The van der Waals surface area contributed by atoms with Gasteiger partial charge in [0.15, 0.2) is 0 Å². The van der Waals surface area contributed by atoms with Crippen LogP contribution in [0.15, 0.2) is 96.2 Å². The third-order valence-electron chi connectivity index (χ3n) is 6.53. The van der Waals surface area contributed by atoms with Crippen molar-refractivity contribution in [3.63, 3.8) is 0 Å². The van der Waals surface area contributed by atoms with Crippen molar-refractivity contribution in [1.82, 2.24) is 23.8 Å². The first-order chi connectivity index (χ1) is 17.2. The molecular weight excluding hydrogens is 438 g/mol. The van der Waals surface area contributed by atoms with Gasteiger partial charge < -0.3 is 9.64 Å². The maximum absolute atomic E-state index is 13.2. The summed E-state index contributed by atoms with van der Waals surface area (Å²) in [5.41, 5.74) is 2.42. The van der Waals surface area contributed by atoms with Gasteiger partial charge in [0.25, 0.3) is 0 Å². The van der Waals surface area contributed by atoms with Crippen LogP contribution in [0, 0.1) is 0 Å². The van der Waals surface area contributed by atoms with Crippen molar-refractivity contribution in [2.75, 3.05) is 19.6 Å². The minimum Gasteiger partial charge on any atom is -0.457 e. The van der Waals surface area contributed by atoms with Crippen LogP contribution < -0.4 is 10.4 Å². The molecule has 1 fully saturated rings. The highest BCUT2D eigenvalue weighted by molar-refractivity contribution is 5.80. The maximum Gasteiger partial charge on any atom is 0.337 e. The van der Waals surface area contributed by atoms with Crippen LogP contribution in [-0.2, 0) is 6.54 Å². The average Bonchev–Trinajstić information content (AvgIpc) is 3.63. The topological polar surface area (TPSA) is 57.2 Å². The first kappa shape index (κ1) is 21.4. The number of rotatable bonds is 7. The molecule has 1 aliphatic heterocycles. The number of fused-ring (bicyclic) bond motifs is 1. The molecular formula is C28H27N5O2. The minimum absolute atomic E-state index is 0.123. The highest BCUT2D eigenvalue weighted by atomic mass is 16.5. The van der Waals surface area contributed by atoms with Crippen LogP contribution >= 0.6 is 0 Å². The number of likely N-dealkylation sites (tertiary alicyclic amines) is 1. The van der Waals surface area contributed by atoms with E-state index in [-0.39, 0.29) is 5.69 Å². The summed E-state index contributed by atoms with van der Waals surface area (Å²) in [6.07, 6.45) is 8.26. The van der Waals surface area contributed by atoms with Crippen LogP contribution in [0.25, 0.3) is 22.3 Å². The summed E-state index contributed by atoms with van der Waals surface area (Å²) < 4.78 is 11.2. The quantitative estimate of drug-likeness (QED) is 0.344. The number of hydrogen-bond acceptors (Lipinski definition) is 4. The standard InChI is InChI=1S/C28H27N5O2/c34-28-32(23-8-11-26(12-9-23)35-25-6-2-1-3-7-25)18-19-33(28)24-10-13-27-22(20-24)21-31(29-27)17-16-30-14-4-5-15-30/h1-3,6-13,18-21H,4-5,14-17H2. The lowest BCUT2D eigenvalue weighted by Crippen LogP contribution is -2.24. The van der Waals surface area contributed by atoms with E-state index in [0.717, 1.165) is 46.9 Å². The summed E-state index contributed by atoms with van der Waals surface area (Å²) in [6.45, 7) is 4.28. The van der Waals surface area contributed by atoms with Gasteiger partial charge in [0.1, 0.15) is 11.5 Å². The van der Waals surface area contributed by atoms with E-state index in [9.17, 15) is 4.79 Å². The lowest BCUT2D eigenvalue weighted by Gasteiger charge is -2.13. The molecule has 176 valence electrons. The molecule has 6 rings (SSSR count). The Morgan fingerprint density at radius 3 is 2.23 bits per heavy atom. The van der Waals surface area contributed by atoms with E-state index in [1.54, 1.807) is 21.5 Å². The van der Waals surface area contributed by atoms with Crippen LogP contribution in [0.3, 0.4) is 0 Å². The molecule has 0 atom stereocenters. The minimum atomic E-state index is -0.123. The molecule has 0 N–H and O–H groups in total. The second kappa shape index (κ2) is 9.27. The zero-order valence-electron chi connectivity index (χ0n) is 19.5. The molecule has 7 nitrogen and oxygen atoms in total. The Morgan fingerprint density at radius 2 is 1.46 bits per heavy atom. The predicted molar refractivity (Wildman–Crippen MR) is 137 cm³/mol. The highest BCUT2D eigenvalue weighted by Gasteiger charge is 2.12. The largest absolute Gasteiger partial charge is 0.457 e. The first-order valence-corrected chi connectivity index (χ1v) is 12.1. The van der Waals surface area contributed by atoms with Gasteiger partial charge in [0.2, 0.25) is 0 Å². The second-order valence-electron chi connectivity index (χ2n) is 8.91. The molecule has 5 aromatic rings.